The van der Waals surface area contributed by atoms with Crippen molar-refractivity contribution in [2.45, 2.75) is 20.3 Å². The van der Waals surface area contributed by atoms with E-state index in [4.69, 9.17) is 0 Å². The molecule has 0 aliphatic heterocycles. The second-order valence-electron chi connectivity index (χ2n) is 2.71. The number of allylic oxidation sites excluding steroid dienone is 2. The lowest BCUT2D eigenvalue weighted by atomic mass is 9.98. The second-order valence-corrected chi connectivity index (χ2v) is 2.95. The Balaban J connectivity index is 3.66. The molecule has 0 radical (unpaired) electrons. The van der Waals surface area contributed by atoms with Crippen molar-refractivity contribution in [2.75, 3.05) is 0 Å². The Morgan fingerprint density at radius 3 is 2.50 bits per heavy atom. The van der Waals surface area contributed by atoms with Crippen LogP contribution in [0.5, 0.6) is 0 Å². The van der Waals surface area contributed by atoms with Crippen molar-refractivity contribution in [2.24, 2.45) is 11.8 Å². The molecule has 0 rings (SSSR count). The highest BCUT2D eigenvalue weighted by molar-refractivity contribution is 7.78. The Kier molecular flexibility index (Phi) is 5.19. The Labute approximate surface area is 68.6 Å². The third kappa shape index (κ3) is 4.49. The van der Waals surface area contributed by atoms with E-state index in [2.05, 4.69) is 37.7 Å². The van der Waals surface area contributed by atoms with Gasteiger partial charge in [0, 0.05) is 0 Å². The molecule has 0 aromatic carbocycles. The summed E-state index contributed by atoms with van der Waals surface area (Å²) >= 11 is 4.59. The molecule has 0 aromatic heterocycles. The summed E-state index contributed by atoms with van der Waals surface area (Å²) in [5.74, 6) is 1.11. The van der Waals surface area contributed by atoms with E-state index < -0.39 is 0 Å². The number of hydrogen-bond acceptors (Lipinski definition) is 1. The maximum atomic E-state index is 4.59. The van der Waals surface area contributed by atoms with Crippen LogP contribution in [-0.4, -0.2) is 5.02 Å². The van der Waals surface area contributed by atoms with Crippen molar-refractivity contribution in [3.8, 4) is 0 Å². The zero-order chi connectivity index (χ0) is 7.98. The molecule has 0 amide bonds. The maximum Gasteiger partial charge on any atom is -0.0172 e. The molecule has 0 nitrogen and oxygen atoms in total. The fourth-order valence-electron chi connectivity index (χ4n) is 0.867. The van der Waals surface area contributed by atoms with E-state index in [0.717, 1.165) is 6.42 Å². The van der Waals surface area contributed by atoms with E-state index in [9.17, 15) is 0 Å². The van der Waals surface area contributed by atoms with Gasteiger partial charge in [-0.3, -0.25) is 0 Å². The molecule has 0 bridgehead atoms. The van der Waals surface area contributed by atoms with Gasteiger partial charge < -0.3 is 0 Å². The number of rotatable bonds is 4. The van der Waals surface area contributed by atoms with Crippen molar-refractivity contribution in [1.29, 1.82) is 0 Å². The minimum atomic E-state index is 0.533. The van der Waals surface area contributed by atoms with Crippen LogP contribution in [0.2, 0.25) is 0 Å². The second kappa shape index (κ2) is 5.40. The molecule has 10 heavy (non-hydrogen) atoms. The summed E-state index contributed by atoms with van der Waals surface area (Å²) in [7, 11) is 0. The Morgan fingerprint density at radius 1 is 1.50 bits per heavy atom. The van der Waals surface area contributed by atoms with Crippen LogP contribution in [-0.2, 0) is 0 Å². The standard InChI is InChI=1S/C9H14S/c1-4-8(2)7-9(3)5-6-10/h4-5,8-9H,1,7H2,2-3H3. The first-order chi connectivity index (χ1) is 4.70. The molecule has 0 aliphatic rings. The summed E-state index contributed by atoms with van der Waals surface area (Å²) in [5, 5.41) is 2.62. The SMILES string of the molecule is C=CC(C)CC(C)C=C=S. The minimum Gasteiger partial charge on any atom is -0.103 e. The van der Waals surface area contributed by atoms with Crippen LogP contribution in [0.15, 0.2) is 18.7 Å². The van der Waals surface area contributed by atoms with E-state index in [1.165, 1.54) is 0 Å². The average molecular weight is 154 g/mol. The third-order valence-corrected chi connectivity index (χ3v) is 1.63. The van der Waals surface area contributed by atoms with E-state index in [1.807, 2.05) is 12.2 Å². The van der Waals surface area contributed by atoms with Gasteiger partial charge in [-0.05, 0) is 36.6 Å². The fourth-order valence-corrected chi connectivity index (χ4v) is 1.10. The van der Waals surface area contributed by atoms with E-state index in [-0.39, 0.29) is 0 Å². The smallest absolute Gasteiger partial charge is 0.0172 e. The fraction of sp³-hybridized carbons (Fsp3) is 0.556. The molecule has 0 saturated carbocycles. The van der Waals surface area contributed by atoms with Crippen LogP contribution in [0.3, 0.4) is 0 Å². The van der Waals surface area contributed by atoms with Crippen molar-refractivity contribution in [3.05, 3.63) is 18.7 Å². The molecular weight excluding hydrogens is 140 g/mol. The van der Waals surface area contributed by atoms with Gasteiger partial charge in [-0.1, -0.05) is 24.9 Å². The quantitative estimate of drug-likeness (QED) is 0.443. The Hall–Kier alpha value is -0.390. The predicted octanol–water partition coefficient (Wildman–Crippen LogP) is 2.99. The lowest BCUT2D eigenvalue weighted by molar-refractivity contribution is 0.547. The number of hydrogen-bond donors (Lipinski definition) is 0. The normalized spacial score (nSPS) is 15.0. The topological polar surface area (TPSA) is 0 Å². The Bertz CT molecular complexity index is 143. The van der Waals surface area contributed by atoms with Crippen LogP contribution < -0.4 is 0 Å². The first-order valence-corrected chi connectivity index (χ1v) is 3.95. The van der Waals surface area contributed by atoms with Crippen LogP contribution >= 0.6 is 12.2 Å². The third-order valence-electron chi connectivity index (χ3n) is 1.50. The van der Waals surface area contributed by atoms with Crippen molar-refractivity contribution in [3.63, 3.8) is 0 Å². The first-order valence-electron chi connectivity index (χ1n) is 3.54. The summed E-state index contributed by atoms with van der Waals surface area (Å²) in [6.45, 7) is 8.01. The first kappa shape index (κ1) is 9.61. The van der Waals surface area contributed by atoms with Gasteiger partial charge in [-0.25, -0.2) is 0 Å². The molecule has 2 atom stereocenters. The average Bonchev–Trinajstić information content (AvgIpc) is 1.88. The van der Waals surface area contributed by atoms with Gasteiger partial charge in [0.15, 0.2) is 0 Å². The summed E-state index contributed by atoms with van der Waals surface area (Å²) in [6.07, 6.45) is 5.01. The molecule has 0 saturated heterocycles. The maximum absolute atomic E-state index is 4.59. The van der Waals surface area contributed by atoms with Gasteiger partial charge in [-0.15, -0.1) is 6.58 Å². The van der Waals surface area contributed by atoms with E-state index in [0.29, 0.717) is 11.8 Å². The molecule has 0 fully saturated rings. The van der Waals surface area contributed by atoms with Crippen LogP contribution in [0.4, 0.5) is 0 Å². The zero-order valence-electron chi connectivity index (χ0n) is 6.63. The highest BCUT2D eigenvalue weighted by atomic mass is 32.1. The summed E-state index contributed by atoms with van der Waals surface area (Å²) in [4.78, 5) is 0. The molecular formula is C9H14S. The predicted molar refractivity (Wildman–Crippen MR) is 50.3 cm³/mol. The van der Waals surface area contributed by atoms with Crippen LogP contribution in [0.1, 0.15) is 20.3 Å². The zero-order valence-corrected chi connectivity index (χ0v) is 7.45. The molecule has 0 heterocycles. The van der Waals surface area contributed by atoms with E-state index >= 15 is 0 Å². The molecule has 0 spiro atoms. The lowest BCUT2D eigenvalue weighted by Gasteiger charge is -2.07. The van der Waals surface area contributed by atoms with Gasteiger partial charge >= 0.3 is 0 Å². The highest BCUT2D eigenvalue weighted by Gasteiger charge is 2.00. The molecule has 56 valence electrons. The Morgan fingerprint density at radius 2 is 2.10 bits per heavy atom. The van der Waals surface area contributed by atoms with E-state index in [1.54, 1.807) is 0 Å². The molecule has 0 aromatic rings. The summed E-state index contributed by atoms with van der Waals surface area (Å²) in [5.41, 5.74) is 0. The monoisotopic (exact) mass is 154 g/mol. The minimum absolute atomic E-state index is 0.533. The molecule has 1 heteroatoms. The van der Waals surface area contributed by atoms with Crippen molar-refractivity contribution in [1.82, 2.24) is 0 Å². The van der Waals surface area contributed by atoms with Gasteiger partial charge in [0.2, 0.25) is 0 Å². The van der Waals surface area contributed by atoms with Gasteiger partial charge in [-0.2, -0.15) is 0 Å². The molecule has 2 unspecified atom stereocenters. The molecule has 0 aliphatic carbocycles. The number of thiocarbonyl (C=S) groups is 1. The van der Waals surface area contributed by atoms with Crippen LogP contribution in [0.25, 0.3) is 0 Å². The van der Waals surface area contributed by atoms with Gasteiger partial charge in [0.25, 0.3) is 0 Å². The largest absolute Gasteiger partial charge is 0.103 e. The summed E-state index contributed by atoms with van der Waals surface area (Å²) < 4.78 is 0. The van der Waals surface area contributed by atoms with Gasteiger partial charge in [0.05, 0.1) is 0 Å². The summed E-state index contributed by atoms with van der Waals surface area (Å²) in [6, 6.07) is 0. The van der Waals surface area contributed by atoms with Gasteiger partial charge in [0.1, 0.15) is 0 Å². The van der Waals surface area contributed by atoms with Crippen molar-refractivity contribution < 1.29 is 0 Å². The van der Waals surface area contributed by atoms with Crippen LogP contribution in [0, 0.1) is 11.8 Å². The molecule has 0 N–H and O–H groups in total. The van der Waals surface area contributed by atoms with Crippen molar-refractivity contribution >= 4 is 17.2 Å². The highest BCUT2D eigenvalue weighted by Crippen LogP contribution is 2.12. The lowest BCUT2D eigenvalue weighted by Crippen LogP contribution is -1.97.